The van der Waals surface area contributed by atoms with Crippen molar-refractivity contribution in [1.82, 2.24) is 29.9 Å². The molecule has 0 fully saturated rings. The minimum atomic E-state index is -4.90. The Hall–Kier alpha value is -13.0. The second-order valence-corrected chi connectivity index (χ2v) is 40.1. The van der Waals surface area contributed by atoms with Gasteiger partial charge in [0.05, 0.1) is 55.3 Å². The van der Waals surface area contributed by atoms with Crippen LogP contribution in [0.5, 0.6) is 0 Å². The molecule has 0 saturated carbocycles. The van der Waals surface area contributed by atoms with Gasteiger partial charge in [0, 0.05) is 58.0 Å². The Balaban J connectivity index is 0.000000219. The first kappa shape index (κ1) is 92.6. The Morgan fingerprint density at radius 3 is 0.984 bits per heavy atom. The maximum atomic E-state index is 12.8. The van der Waals surface area contributed by atoms with Gasteiger partial charge in [-0.1, -0.05) is 72.8 Å². The SMILES string of the molecule is Cc1cc(Cc2nc(Cc3ccc(N=Nc4ccc5cc(S(=O)(=O)O)cc(S(=O)(=O)O)c5c4)c(C)c3)[nH]c(=O)n2)ccc1N=Nc1ccc2cc(S(=O)(=O)O)cc(S(=O)(=O)O)c2c1.Cc1cc(N=Nc2cc(S(=O)(=O)O)c3cccc(S(=O)(=O)O)c3c2)c(C)cc1Cc1nc(Cc2cc(C)c(N=Nc3cc(S(=O)(=O)O)c4cccc(S(=O)(=O)O)c4c3)cc2C)[nH]c(=O)n1. The fourth-order valence-electron chi connectivity index (χ4n) is 13.7. The zero-order chi connectivity index (χ0) is 93.0. The second kappa shape index (κ2) is 35.3. The molecule has 0 amide bonds. The molecule has 2 aromatic heterocycles. The van der Waals surface area contributed by atoms with Crippen LogP contribution < -0.4 is 11.4 Å². The number of aromatic amines is 2. The van der Waals surface area contributed by atoms with Gasteiger partial charge in [-0.05, 0) is 217 Å². The molecule has 48 heteroatoms. The summed E-state index contributed by atoms with van der Waals surface area (Å²) >= 11 is 0. The standard InChI is InChI=1S/C41H35N7O13S4.C39H31N7O13S4/c1-21-13-33(47-45-27-17-31-29(37(19-27)64(56,57)58)7-5-9-35(31)62(50,51)52)23(3)11-25(21)15-39-42-40(44-41(49)43-39)16-26-12-24(4)34(14-22(26)2)48-46-28-18-32-30(38(20-28)65(59,60)61)8-6-10-36(32)63(53,54)55;1-21-11-23(3-9-33(21)45-43-27-7-5-25-15-29(60(48,49)50)19-35(31(25)17-27)62(54,55)56)13-37-40-38(42-39(47)41-37)14-24-4-10-34(22(2)12-24)46-44-28-8-6-26-16-30(61(51,52)53)20-36(32(26)18-28)63(57,58)59/h5-14,17-20H,15-16H2,1-4H3,(H,50,51,52)(H,53,54,55)(H,56,57,58)(H,59,60,61)(H,42,43,44,49);3-12,15-20H,13-14H2,1-2H3,(H,48,49,50)(H,51,52,53)(H,54,55,56)(H,57,58,59)(H,40,41,42,47). The van der Waals surface area contributed by atoms with E-state index in [9.17, 15) is 113 Å². The monoisotopic (exact) mass is 1890 g/mol. The highest BCUT2D eigenvalue weighted by Gasteiger charge is 2.27. The van der Waals surface area contributed by atoms with Crippen LogP contribution in [0.2, 0.25) is 0 Å². The number of hydrogen-bond acceptors (Lipinski definition) is 30. The predicted octanol–water partition coefficient (Wildman–Crippen LogP) is 14.8. The number of hydrogen-bond donors (Lipinski definition) is 10. The first-order valence-electron chi connectivity index (χ1n) is 36.7. The smallest absolute Gasteiger partial charge is 0.294 e. The summed E-state index contributed by atoms with van der Waals surface area (Å²) in [4.78, 5) is 42.5. The van der Waals surface area contributed by atoms with Crippen molar-refractivity contribution in [3.05, 3.63) is 282 Å². The molecule has 660 valence electrons. The van der Waals surface area contributed by atoms with Gasteiger partial charge in [-0.3, -0.25) is 46.4 Å². The first-order chi connectivity index (χ1) is 59.7. The summed E-state index contributed by atoms with van der Waals surface area (Å²) < 4.78 is 270. The van der Waals surface area contributed by atoms with Crippen molar-refractivity contribution >= 4 is 170 Å². The predicted molar refractivity (Wildman–Crippen MR) is 462 cm³/mol. The number of aromatic nitrogens is 6. The van der Waals surface area contributed by atoms with E-state index in [1.54, 1.807) is 96.1 Å². The first-order valence-corrected chi connectivity index (χ1v) is 48.3. The summed E-state index contributed by atoms with van der Waals surface area (Å²) in [5.74, 6) is 1.10. The normalized spacial score (nSPS) is 12.9. The van der Waals surface area contributed by atoms with E-state index < -0.39 is 131 Å². The lowest BCUT2D eigenvalue weighted by Crippen LogP contribution is -2.19. The van der Waals surface area contributed by atoms with Crippen LogP contribution in [0.1, 0.15) is 78.9 Å². The lowest BCUT2D eigenvalue weighted by molar-refractivity contribution is 0.477. The quantitative estimate of drug-likeness (QED) is 0.0198. The molecule has 0 bridgehead atoms. The number of H-pyrrole nitrogens is 2. The number of nitrogens with zero attached hydrogens (tertiary/aromatic N) is 12. The van der Waals surface area contributed by atoms with Gasteiger partial charge in [-0.25, -0.2) is 19.6 Å². The van der Waals surface area contributed by atoms with Gasteiger partial charge in [0.15, 0.2) is 0 Å². The number of azo groups is 4. The molecule has 0 radical (unpaired) electrons. The molecule has 40 nitrogen and oxygen atoms in total. The maximum Gasteiger partial charge on any atom is 0.348 e. The van der Waals surface area contributed by atoms with E-state index in [4.69, 9.17) is 0 Å². The van der Waals surface area contributed by atoms with E-state index in [-0.39, 0.29) is 103 Å². The Morgan fingerprint density at radius 2 is 0.602 bits per heavy atom. The third-order valence-corrected chi connectivity index (χ3v) is 26.7. The molecule has 128 heavy (non-hydrogen) atoms. The van der Waals surface area contributed by atoms with E-state index >= 15 is 0 Å². The summed E-state index contributed by atoms with van der Waals surface area (Å²) in [5, 5.41) is 33.0. The molecular weight excluding hydrogens is 1830 g/mol. The van der Waals surface area contributed by atoms with Crippen LogP contribution in [0.25, 0.3) is 43.1 Å². The van der Waals surface area contributed by atoms with Crippen molar-refractivity contribution in [2.24, 2.45) is 40.9 Å². The van der Waals surface area contributed by atoms with Crippen LogP contribution in [0.15, 0.2) is 272 Å². The van der Waals surface area contributed by atoms with Crippen molar-refractivity contribution in [1.29, 1.82) is 0 Å². The molecule has 0 aliphatic rings. The molecule has 0 unspecified atom stereocenters. The van der Waals surface area contributed by atoms with Gasteiger partial charge < -0.3 is 0 Å². The van der Waals surface area contributed by atoms with Gasteiger partial charge in [-0.15, -0.1) is 0 Å². The lowest BCUT2D eigenvalue weighted by atomic mass is 10.0. The molecular formula is C80H66N14O26S8. The number of rotatable bonds is 24. The van der Waals surface area contributed by atoms with Crippen molar-refractivity contribution in [2.45, 2.75) is 106 Å². The summed E-state index contributed by atoms with van der Waals surface area (Å²) in [7, 11) is -38.7. The largest absolute Gasteiger partial charge is 0.348 e. The van der Waals surface area contributed by atoms with E-state index in [0.717, 1.165) is 58.7 Å². The summed E-state index contributed by atoms with van der Waals surface area (Å²) in [6, 6.07) is 40.6. The lowest BCUT2D eigenvalue weighted by Gasteiger charge is -2.11. The van der Waals surface area contributed by atoms with Gasteiger partial charge in [0.2, 0.25) is 0 Å². The van der Waals surface area contributed by atoms with Crippen LogP contribution in [-0.4, -0.2) is 134 Å². The summed E-state index contributed by atoms with van der Waals surface area (Å²) in [5.41, 5.74) is 7.48. The van der Waals surface area contributed by atoms with E-state index in [2.05, 4.69) is 70.8 Å². The highest BCUT2D eigenvalue weighted by Crippen LogP contribution is 2.40. The van der Waals surface area contributed by atoms with Crippen LogP contribution >= 0.6 is 0 Å². The minimum Gasteiger partial charge on any atom is -0.294 e. The molecule has 0 aliphatic carbocycles. The van der Waals surface area contributed by atoms with Crippen LogP contribution in [0, 0.1) is 41.5 Å². The topological polar surface area (TPSA) is 651 Å². The van der Waals surface area contributed by atoms with Gasteiger partial charge in [0.1, 0.15) is 52.7 Å². The van der Waals surface area contributed by atoms with Gasteiger partial charge in [-0.2, -0.15) is 118 Å². The molecule has 10 N–H and O–H groups in total. The summed E-state index contributed by atoms with van der Waals surface area (Å²) in [6.45, 7) is 10.6. The Bertz CT molecular complexity index is 7880. The van der Waals surface area contributed by atoms with Crippen LogP contribution in [0.4, 0.5) is 45.5 Å². The van der Waals surface area contributed by atoms with Crippen LogP contribution in [-0.2, 0) is 107 Å². The van der Waals surface area contributed by atoms with Crippen molar-refractivity contribution in [3.63, 3.8) is 0 Å². The molecule has 0 saturated heterocycles. The van der Waals surface area contributed by atoms with E-state index in [0.29, 0.717) is 79.9 Å². The van der Waals surface area contributed by atoms with Crippen molar-refractivity contribution in [2.75, 3.05) is 0 Å². The molecule has 14 aromatic rings. The van der Waals surface area contributed by atoms with Crippen molar-refractivity contribution in [3.8, 4) is 0 Å². The number of fused-ring (bicyclic) bond motifs is 4. The number of nitrogens with one attached hydrogen (secondary N) is 2. The Morgan fingerprint density at radius 1 is 0.266 bits per heavy atom. The fraction of sp³-hybridized carbons (Fsp3) is 0.125. The third-order valence-electron chi connectivity index (χ3n) is 19.7. The number of benzene rings is 12. The zero-order valence-electron chi connectivity index (χ0n) is 66.7. The molecule has 12 aromatic carbocycles. The second-order valence-electron chi connectivity index (χ2n) is 29.0. The van der Waals surface area contributed by atoms with E-state index in [1.807, 2.05) is 6.07 Å². The molecule has 2 heterocycles. The number of aryl methyl sites for hydroxylation is 6. The van der Waals surface area contributed by atoms with E-state index in [1.165, 1.54) is 72.8 Å². The molecule has 0 spiro atoms. The van der Waals surface area contributed by atoms with Crippen molar-refractivity contribution < 1.29 is 104 Å². The average molecular weight is 1900 g/mol. The molecule has 14 rings (SSSR count). The Labute approximate surface area is 727 Å². The Kier molecular flexibility index (Phi) is 25.6. The third kappa shape index (κ3) is 21.8. The highest BCUT2D eigenvalue weighted by atomic mass is 32.2. The zero-order valence-corrected chi connectivity index (χ0v) is 73.2. The maximum absolute atomic E-state index is 12.8. The summed E-state index contributed by atoms with van der Waals surface area (Å²) in [6.07, 6.45) is 0.717. The molecule has 0 aliphatic heterocycles. The van der Waals surface area contributed by atoms with Gasteiger partial charge in [0.25, 0.3) is 80.9 Å². The van der Waals surface area contributed by atoms with Gasteiger partial charge >= 0.3 is 11.4 Å². The fourth-order valence-corrected chi connectivity index (χ4v) is 19.2. The molecule has 0 atom stereocenters. The van der Waals surface area contributed by atoms with Crippen LogP contribution in [0.3, 0.4) is 0 Å². The minimum absolute atomic E-state index is 0.0491. The highest BCUT2D eigenvalue weighted by molar-refractivity contribution is 7.88. The average Bonchev–Trinajstić information content (AvgIpc) is 0.769.